The number of ether oxygens (including phenoxy) is 2. The van der Waals surface area contributed by atoms with Crippen molar-refractivity contribution >= 4 is 40.7 Å². The van der Waals surface area contributed by atoms with Gasteiger partial charge in [0, 0.05) is 23.2 Å². The average Bonchev–Trinajstić information content (AvgIpc) is 3.23. The number of nitrogens with zero attached hydrogens (tertiary/aromatic N) is 3. The molecule has 2 amide bonds. The smallest absolute Gasteiger partial charge is 0.411 e. The van der Waals surface area contributed by atoms with E-state index in [1.54, 1.807) is 54.3 Å². The number of nitrogens with one attached hydrogen (secondary N) is 2. The Balaban J connectivity index is 1.56. The van der Waals surface area contributed by atoms with Crippen LogP contribution in [0, 0.1) is 6.92 Å². The molecule has 0 aliphatic carbocycles. The molecule has 2 heterocycles. The van der Waals surface area contributed by atoms with Crippen LogP contribution in [-0.2, 0) is 16.1 Å². The van der Waals surface area contributed by atoms with E-state index in [1.807, 2.05) is 0 Å². The lowest BCUT2D eigenvalue weighted by Crippen LogP contribution is -2.44. The van der Waals surface area contributed by atoms with E-state index in [2.05, 4.69) is 15.7 Å². The van der Waals surface area contributed by atoms with Gasteiger partial charge in [-0.05, 0) is 31.2 Å². The topological polar surface area (TPSA) is 97.7 Å². The molecule has 0 saturated heterocycles. The summed E-state index contributed by atoms with van der Waals surface area (Å²) in [4.78, 5) is 25.6. The summed E-state index contributed by atoms with van der Waals surface area (Å²) >= 11 is 6.10. The molecule has 2 N–H and O–H groups in total. The first-order valence-corrected chi connectivity index (χ1v) is 11.4. The fourth-order valence-electron chi connectivity index (χ4n) is 3.77. The molecule has 36 heavy (non-hydrogen) atoms. The van der Waals surface area contributed by atoms with Crippen LogP contribution in [0.4, 0.5) is 30.6 Å². The van der Waals surface area contributed by atoms with Crippen LogP contribution in [0.3, 0.4) is 0 Å². The minimum atomic E-state index is -2.80. The van der Waals surface area contributed by atoms with E-state index in [9.17, 15) is 18.4 Å². The van der Waals surface area contributed by atoms with Gasteiger partial charge in [-0.1, -0.05) is 29.8 Å². The van der Waals surface area contributed by atoms with Crippen LogP contribution in [0.15, 0.2) is 48.7 Å². The van der Waals surface area contributed by atoms with Crippen LogP contribution in [-0.4, -0.2) is 41.0 Å². The van der Waals surface area contributed by atoms with Gasteiger partial charge in [-0.3, -0.25) is 10.1 Å². The third kappa shape index (κ3) is 5.85. The van der Waals surface area contributed by atoms with Gasteiger partial charge in [-0.2, -0.15) is 13.9 Å². The monoisotopic (exact) mass is 519 g/mol. The maximum Gasteiger partial charge on any atom is 0.411 e. The molecule has 0 unspecified atom stereocenters. The number of halogens is 3. The highest BCUT2D eigenvalue weighted by molar-refractivity contribution is 6.31. The van der Waals surface area contributed by atoms with Crippen molar-refractivity contribution in [2.24, 2.45) is 0 Å². The van der Waals surface area contributed by atoms with E-state index >= 15 is 0 Å². The zero-order valence-corrected chi connectivity index (χ0v) is 20.3. The number of carbonyl (C=O) groups is 2. The highest BCUT2D eigenvalue weighted by Crippen LogP contribution is 2.41. The maximum atomic E-state index is 13.3. The van der Waals surface area contributed by atoms with Crippen LogP contribution in [0.2, 0.25) is 5.02 Å². The predicted octanol–water partition coefficient (Wildman–Crippen LogP) is 5.02. The fraction of sp³-hybridized carbons (Fsp3) is 0.292. The molecule has 0 bridgehead atoms. The zero-order chi connectivity index (χ0) is 25.8. The number of benzene rings is 2. The van der Waals surface area contributed by atoms with Crippen molar-refractivity contribution < 1.29 is 27.8 Å². The molecule has 0 spiro atoms. The molecule has 3 aromatic rings. The van der Waals surface area contributed by atoms with Crippen LogP contribution in [0.25, 0.3) is 0 Å². The van der Waals surface area contributed by atoms with Gasteiger partial charge in [0.15, 0.2) is 0 Å². The number of aromatic nitrogens is 2. The normalized spacial score (nSPS) is 14.7. The van der Waals surface area contributed by atoms with E-state index in [0.29, 0.717) is 43.8 Å². The van der Waals surface area contributed by atoms with Crippen molar-refractivity contribution in [1.29, 1.82) is 0 Å². The lowest BCUT2D eigenvalue weighted by molar-refractivity contribution is -0.119. The molecular weight excluding hydrogens is 496 g/mol. The first kappa shape index (κ1) is 25.2. The number of fused-ring (bicyclic) bond motifs is 1. The number of alkyl halides is 2. The molecular formula is C24H24ClF2N5O4. The summed E-state index contributed by atoms with van der Waals surface area (Å²) in [5, 5.41) is 9.76. The number of aryl methyl sites for hydroxylation is 1. The van der Waals surface area contributed by atoms with E-state index < -0.39 is 18.7 Å². The van der Waals surface area contributed by atoms with Crippen molar-refractivity contribution in [1.82, 2.24) is 15.1 Å². The number of anilines is 3. The Bertz CT molecular complexity index is 1270. The quantitative estimate of drug-likeness (QED) is 0.455. The van der Waals surface area contributed by atoms with Crippen LogP contribution < -0.4 is 20.3 Å². The maximum absolute atomic E-state index is 13.3. The number of hydrogen-bond acceptors (Lipinski definition) is 6. The summed E-state index contributed by atoms with van der Waals surface area (Å²) in [6, 6.07) is 12.0. The molecule has 0 fully saturated rings. The SMILES string of the molecule is CC(=O)NC[C@H]1CN(c2cn(C(F)F)nc2C)c2cc(NC(=O)OCc3ccccc3Cl)ccc2O1. The van der Waals surface area contributed by atoms with Crippen molar-refractivity contribution in [3.63, 3.8) is 0 Å². The second-order valence-electron chi connectivity index (χ2n) is 8.12. The third-order valence-corrected chi connectivity index (χ3v) is 5.82. The molecule has 1 atom stereocenters. The lowest BCUT2D eigenvalue weighted by Gasteiger charge is -2.36. The number of hydrogen-bond donors (Lipinski definition) is 2. The molecule has 1 aliphatic rings. The summed E-state index contributed by atoms with van der Waals surface area (Å²) in [6.07, 6.45) is 0.112. The molecule has 1 aromatic heterocycles. The highest BCUT2D eigenvalue weighted by atomic mass is 35.5. The van der Waals surface area contributed by atoms with Gasteiger partial charge in [-0.25, -0.2) is 9.48 Å². The molecule has 1 aliphatic heterocycles. The van der Waals surface area contributed by atoms with E-state index in [0.717, 1.165) is 0 Å². The van der Waals surface area contributed by atoms with Gasteiger partial charge in [0.05, 0.1) is 36.4 Å². The first-order chi connectivity index (χ1) is 17.2. The van der Waals surface area contributed by atoms with Gasteiger partial charge in [-0.15, -0.1) is 0 Å². The van der Waals surface area contributed by atoms with E-state index in [4.69, 9.17) is 21.1 Å². The van der Waals surface area contributed by atoms with Crippen LogP contribution in [0.5, 0.6) is 5.75 Å². The number of carbonyl (C=O) groups excluding carboxylic acids is 2. The summed E-state index contributed by atoms with van der Waals surface area (Å²) in [5.74, 6) is 0.239. The molecule has 12 heteroatoms. The van der Waals surface area contributed by atoms with Crippen molar-refractivity contribution in [2.75, 3.05) is 23.3 Å². The minimum Gasteiger partial charge on any atom is -0.485 e. The molecule has 9 nitrogen and oxygen atoms in total. The van der Waals surface area contributed by atoms with Gasteiger partial charge in [0.2, 0.25) is 5.91 Å². The Morgan fingerprint density at radius 3 is 2.72 bits per heavy atom. The Morgan fingerprint density at radius 2 is 2.03 bits per heavy atom. The van der Waals surface area contributed by atoms with Gasteiger partial charge in [0.25, 0.3) is 0 Å². The molecule has 0 radical (unpaired) electrons. The number of rotatable bonds is 7. The van der Waals surface area contributed by atoms with Crippen molar-refractivity contribution in [3.8, 4) is 5.75 Å². The fourth-order valence-corrected chi connectivity index (χ4v) is 3.96. The second-order valence-corrected chi connectivity index (χ2v) is 8.53. The first-order valence-electron chi connectivity index (χ1n) is 11.0. The summed E-state index contributed by atoms with van der Waals surface area (Å²) in [7, 11) is 0. The average molecular weight is 520 g/mol. The number of amides is 2. The summed E-state index contributed by atoms with van der Waals surface area (Å²) < 4.78 is 38.4. The molecule has 0 saturated carbocycles. The highest BCUT2D eigenvalue weighted by Gasteiger charge is 2.30. The Morgan fingerprint density at radius 1 is 1.25 bits per heavy atom. The van der Waals surface area contributed by atoms with Gasteiger partial charge >= 0.3 is 12.6 Å². The zero-order valence-electron chi connectivity index (χ0n) is 19.5. The Hall–Kier alpha value is -3.86. The molecule has 190 valence electrons. The lowest BCUT2D eigenvalue weighted by atomic mass is 10.1. The minimum absolute atomic E-state index is 0.0114. The molecule has 4 rings (SSSR count). The Labute approximate surface area is 210 Å². The standard InChI is InChI=1S/C24H24ClF2N5O4/c1-14-21(12-32(30-14)23(26)27)31-11-18(10-28-15(2)33)36-22-8-7-17(9-20(22)31)29-24(34)35-13-16-5-3-4-6-19(16)25/h3-9,12,18,23H,10-11,13H2,1-2H3,(H,28,33)(H,29,34)/t18-/m0/s1. The summed E-state index contributed by atoms with van der Waals surface area (Å²) in [5.41, 5.74) is 2.45. The Kier molecular flexibility index (Phi) is 7.58. The van der Waals surface area contributed by atoms with Crippen LogP contribution >= 0.6 is 11.6 Å². The van der Waals surface area contributed by atoms with Crippen LogP contribution in [0.1, 0.15) is 24.7 Å². The van der Waals surface area contributed by atoms with E-state index in [-0.39, 0.29) is 25.6 Å². The van der Waals surface area contributed by atoms with Crippen molar-refractivity contribution in [2.45, 2.75) is 33.1 Å². The summed E-state index contributed by atoms with van der Waals surface area (Å²) in [6.45, 7) is 0.691. The van der Waals surface area contributed by atoms with E-state index in [1.165, 1.54) is 13.1 Å². The van der Waals surface area contributed by atoms with Gasteiger partial charge < -0.3 is 19.7 Å². The van der Waals surface area contributed by atoms with Crippen molar-refractivity contribution in [3.05, 3.63) is 64.9 Å². The predicted molar refractivity (Wildman–Crippen MR) is 130 cm³/mol. The van der Waals surface area contributed by atoms with Gasteiger partial charge in [0.1, 0.15) is 18.5 Å². The second kappa shape index (κ2) is 10.8. The largest absolute Gasteiger partial charge is 0.485 e. The third-order valence-electron chi connectivity index (χ3n) is 5.45. The molecule has 2 aromatic carbocycles.